The van der Waals surface area contributed by atoms with Gasteiger partial charge in [-0.25, -0.2) is 0 Å². The van der Waals surface area contributed by atoms with Crippen LogP contribution in [0.4, 0.5) is 0 Å². The second-order valence-electron chi connectivity index (χ2n) is 8.82. The summed E-state index contributed by atoms with van der Waals surface area (Å²) in [5.74, 6) is 1.81. The SMILES string of the molecule is Cc1ccc(Oc2cccc(C(=O)N[C@H]3CO[C@@H]4[C@@H](CC(=O)C5CC5)CO[C@@H]43)c2)cc1. The number of ether oxygens (including phenoxy) is 3. The Morgan fingerprint density at radius 3 is 2.55 bits per heavy atom. The number of carbonyl (C=O) groups excluding carboxylic acids is 2. The molecule has 0 spiro atoms. The Balaban J connectivity index is 1.19. The van der Waals surface area contributed by atoms with Crippen molar-refractivity contribution in [2.24, 2.45) is 11.8 Å². The summed E-state index contributed by atoms with van der Waals surface area (Å²) in [6.07, 6.45) is 2.24. The number of carbonyl (C=O) groups is 2. The third kappa shape index (κ3) is 4.50. The van der Waals surface area contributed by atoms with Crippen LogP contribution in [0.5, 0.6) is 11.5 Å². The molecule has 2 saturated heterocycles. The van der Waals surface area contributed by atoms with Gasteiger partial charge in [0.1, 0.15) is 23.4 Å². The molecule has 0 unspecified atom stereocenters. The normalized spacial score (nSPS) is 27.0. The maximum Gasteiger partial charge on any atom is 0.251 e. The van der Waals surface area contributed by atoms with E-state index in [1.807, 2.05) is 37.3 Å². The monoisotopic (exact) mass is 421 g/mol. The van der Waals surface area contributed by atoms with Crippen LogP contribution in [0.3, 0.4) is 0 Å². The molecule has 1 N–H and O–H groups in total. The van der Waals surface area contributed by atoms with Crippen molar-refractivity contribution in [1.29, 1.82) is 0 Å². The van der Waals surface area contributed by atoms with Gasteiger partial charge in [0.2, 0.25) is 0 Å². The molecule has 2 aliphatic heterocycles. The summed E-state index contributed by atoms with van der Waals surface area (Å²) in [5, 5.41) is 3.04. The predicted octanol–water partition coefficient (Wildman–Crippen LogP) is 3.67. The van der Waals surface area contributed by atoms with Crippen LogP contribution < -0.4 is 10.1 Å². The largest absolute Gasteiger partial charge is 0.457 e. The Bertz CT molecular complexity index is 968. The predicted molar refractivity (Wildman–Crippen MR) is 114 cm³/mol. The van der Waals surface area contributed by atoms with Crippen LogP contribution in [0, 0.1) is 18.8 Å². The molecule has 2 heterocycles. The second kappa shape index (κ2) is 8.44. The number of fused-ring (bicyclic) bond motifs is 1. The molecule has 5 rings (SSSR count). The van der Waals surface area contributed by atoms with Crippen molar-refractivity contribution in [3.63, 3.8) is 0 Å². The topological polar surface area (TPSA) is 73.9 Å². The van der Waals surface area contributed by atoms with Gasteiger partial charge in [-0.3, -0.25) is 9.59 Å². The van der Waals surface area contributed by atoms with Gasteiger partial charge in [0.25, 0.3) is 5.91 Å². The maximum absolute atomic E-state index is 12.9. The van der Waals surface area contributed by atoms with Gasteiger partial charge < -0.3 is 19.5 Å². The molecule has 3 fully saturated rings. The van der Waals surface area contributed by atoms with E-state index in [0.717, 1.165) is 24.2 Å². The van der Waals surface area contributed by atoms with Crippen LogP contribution in [0.15, 0.2) is 48.5 Å². The molecular formula is C25H27NO5. The summed E-state index contributed by atoms with van der Waals surface area (Å²) in [7, 11) is 0. The highest BCUT2D eigenvalue weighted by Crippen LogP contribution is 2.37. The van der Waals surface area contributed by atoms with Gasteiger partial charge in [0.05, 0.1) is 25.4 Å². The summed E-state index contributed by atoms with van der Waals surface area (Å²) in [4.78, 5) is 25.0. The molecule has 6 nitrogen and oxygen atoms in total. The lowest BCUT2D eigenvalue weighted by molar-refractivity contribution is -0.121. The first-order valence-electron chi connectivity index (χ1n) is 11.0. The van der Waals surface area contributed by atoms with E-state index >= 15 is 0 Å². The van der Waals surface area contributed by atoms with Crippen molar-refractivity contribution >= 4 is 11.7 Å². The number of Topliss-reactive ketones (excluding diaryl/α,β-unsaturated/α-hetero) is 1. The van der Waals surface area contributed by atoms with Crippen molar-refractivity contribution in [3.8, 4) is 11.5 Å². The Kier molecular flexibility index (Phi) is 5.50. The minimum Gasteiger partial charge on any atom is -0.457 e. The highest BCUT2D eigenvalue weighted by Gasteiger charge is 2.49. The van der Waals surface area contributed by atoms with Crippen molar-refractivity contribution < 1.29 is 23.8 Å². The molecule has 162 valence electrons. The van der Waals surface area contributed by atoms with Crippen LogP contribution in [0.1, 0.15) is 35.2 Å². The van der Waals surface area contributed by atoms with Gasteiger partial charge >= 0.3 is 0 Å². The van der Waals surface area contributed by atoms with E-state index < -0.39 is 0 Å². The Morgan fingerprint density at radius 1 is 1.00 bits per heavy atom. The van der Waals surface area contributed by atoms with Crippen molar-refractivity contribution in [3.05, 3.63) is 59.7 Å². The molecule has 3 aliphatic rings. The zero-order valence-electron chi connectivity index (χ0n) is 17.6. The van der Waals surface area contributed by atoms with Gasteiger partial charge in [-0.1, -0.05) is 23.8 Å². The molecule has 2 aromatic rings. The first-order chi connectivity index (χ1) is 15.1. The number of aryl methyl sites for hydroxylation is 1. The number of ketones is 1. The lowest BCUT2D eigenvalue weighted by Crippen LogP contribution is -2.44. The smallest absolute Gasteiger partial charge is 0.251 e. The molecule has 31 heavy (non-hydrogen) atoms. The Labute approximate surface area is 181 Å². The van der Waals surface area contributed by atoms with Crippen LogP contribution in [-0.2, 0) is 14.3 Å². The van der Waals surface area contributed by atoms with E-state index in [4.69, 9.17) is 14.2 Å². The fourth-order valence-corrected chi connectivity index (χ4v) is 4.40. The van der Waals surface area contributed by atoms with Crippen LogP contribution in [0.25, 0.3) is 0 Å². The summed E-state index contributed by atoms with van der Waals surface area (Å²) < 4.78 is 17.7. The van der Waals surface area contributed by atoms with Gasteiger partial charge in [-0.15, -0.1) is 0 Å². The average Bonchev–Trinajstić information content (AvgIpc) is 3.45. The minimum absolute atomic E-state index is 0.0891. The fourth-order valence-electron chi connectivity index (χ4n) is 4.40. The first-order valence-corrected chi connectivity index (χ1v) is 11.0. The number of rotatable bonds is 7. The Morgan fingerprint density at radius 2 is 1.77 bits per heavy atom. The standard InChI is InChI=1S/C25H27NO5/c1-15-5-9-19(10-6-15)31-20-4-2-3-17(11-20)25(28)26-21-14-30-23-18(13-29-24(21)23)12-22(27)16-7-8-16/h2-6,9-11,16,18,21,23-24H,7-8,12-14H2,1H3,(H,26,28)/t18-,21-,23+,24+/m0/s1. The molecule has 2 aromatic carbocycles. The number of nitrogens with one attached hydrogen (secondary N) is 1. The molecule has 0 aromatic heterocycles. The third-order valence-corrected chi connectivity index (χ3v) is 6.32. The molecule has 0 radical (unpaired) electrons. The van der Waals surface area contributed by atoms with Crippen molar-refractivity contribution in [2.45, 2.75) is 44.4 Å². The maximum atomic E-state index is 12.9. The van der Waals surface area contributed by atoms with Crippen LogP contribution >= 0.6 is 0 Å². The molecule has 1 amide bonds. The zero-order chi connectivity index (χ0) is 21.4. The van der Waals surface area contributed by atoms with Crippen molar-refractivity contribution in [1.82, 2.24) is 5.32 Å². The number of hydrogen-bond donors (Lipinski definition) is 1. The highest BCUT2D eigenvalue weighted by atomic mass is 16.6. The number of amides is 1. The summed E-state index contributed by atoms with van der Waals surface area (Å²) >= 11 is 0. The third-order valence-electron chi connectivity index (χ3n) is 6.32. The van der Waals surface area contributed by atoms with E-state index in [-0.39, 0.29) is 36.0 Å². The fraction of sp³-hybridized carbons (Fsp3) is 0.440. The van der Waals surface area contributed by atoms with Crippen molar-refractivity contribution in [2.75, 3.05) is 13.2 Å². The van der Waals surface area contributed by atoms with Crippen LogP contribution in [-0.4, -0.2) is 43.2 Å². The first kappa shape index (κ1) is 20.2. The second-order valence-corrected chi connectivity index (χ2v) is 8.82. The van der Waals surface area contributed by atoms with E-state index in [1.165, 1.54) is 0 Å². The molecule has 0 bridgehead atoms. The van der Waals surface area contributed by atoms with Gasteiger partial charge in [0.15, 0.2) is 0 Å². The number of benzene rings is 2. The quantitative estimate of drug-likeness (QED) is 0.739. The number of hydrogen-bond acceptors (Lipinski definition) is 5. The van der Waals surface area contributed by atoms with E-state index in [0.29, 0.717) is 36.7 Å². The van der Waals surface area contributed by atoms with Gasteiger partial charge in [0, 0.05) is 23.8 Å². The van der Waals surface area contributed by atoms with E-state index in [9.17, 15) is 9.59 Å². The molecule has 1 aliphatic carbocycles. The molecular weight excluding hydrogens is 394 g/mol. The van der Waals surface area contributed by atoms with E-state index in [2.05, 4.69) is 5.32 Å². The lowest BCUT2D eigenvalue weighted by atomic mass is 9.94. The zero-order valence-corrected chi connectivity index (χ0v) is 17.6. The lowest BCUT2D eigenvalue weighted by Gasteiger charge is -2.18. The van der Waals surface area contributed by atoms with Gasteiger partial charge in [-0.05, 0) is 50.1 Å². The molecule has 4 atom stereocenters. The van der Waals surface area contributed by atoms with Crippen LogP contribution in [0.2, 0.25) is 0 Å². The summed E-state index contributed by atoms with van der Waals surface area (Å²) in [6, 6.07) is 14.7. The average molecular weight is 421 g/mol. The molecule has 1 saturated carbocycles. The van der Waals surface area contributed by atoms with E-state index in [1.54, 1.807) is 18.2 Å². The van der Waals surface area contributed by atoms with Gasteiger partial charge in [-0.2, -0.15) is 0 Å². The highest BCUT2D eigenvalue weighted by molar-refractivity contribution is 5.94. The Hall–Kier alpha value is -2.70. The summed E-state index contributed by atoms with van der Waals surface area (Å²) in [6.45, 7) is 2.93. The molecule has 6 heteroatoms. The summed E-state index contributed by atoms with van der Waals surface area (Å²) in [5.41, 5.74) is 1.68. The minimum atomic E-state index is -0.222.